The number of carbonyl (C=O) groups is 3. The van der Waals surface area contributed by atoms with Crippen molar-refractivity contribution in [3.63, 3.8) is 0 Å². The van der Waals surface area contributed by atoms with Gasteiger partial charge in [-0.25, -0.2) is 0 Å². The van der Waals surface area contributed by atoms with E-state index in [4.69, 9.17) is 0 Å². The molecule has 5 heteroatoms. The molecule has 20 heavy (non-hydrogen) atoms. The van der Waals surface area contributed by atoms with Gasteiger partial charge < -0.3 is 10.2 Å². The first-order valence-corrected chi connectivity index (χ1v) is 6.63. The molecule has 1 N–H and O–H groups in total. The molecule has 0 spiro atoms. The maximum absolute atomic E-state index is 12.0. The van der Waals surface area contributed by atoms with E-state index >= 15 is 0 Å². The van der Waals surface area contributed by atoms with Gasteiger partial charge in [-0.2, -0.15) is 0 Å². The van der Waals surface area contributed by atoms with Crippen molar-refractivity contribution in [2.45, 2.75) is 20.3 Å². The predicted molar refractivity (Wildman–Crippen MR) is 75.6 cm³/mol. The highest BCUT2D eigenvalue weighted by atomic mass is 16.2. The van der Waals surface area contributed by atoms with Crippen LogP contribution in [0.5, 0.6) is 0 Å². The van der Waals surface area contributed by atoms with Crippen LogP contribution >= 0.6 is 0 Å². The summed E-state index contributed by atoms with van der Waals surface area (Å²) in [7, 11) is 0. The lowest BCUT2D eigenvalue weighted by atomic mass is 10.1. The van der Waals surface area contributed by atoms with Crippen LogP contribution in [0.4, 0.5) is 5.69 Å². The Hall–Kier alpha value is -2.17. The molecule has 0 bridgehead atoms. The van der Waals surface area contributed by atoms with Crippen molar-refractivity contribution in [3.8, 4) is 0 Å². The quantitative estimate of drug-likeness (QED) is 0.843. The fourth-order valence-electron chi connectivity index (χ4n) is 2.33. The number of amides is 2. The zero-order valence-electron chi connectivity index (χ0n) is 11.7. The zero-order chi connectivity index (χ0) is 14.7. The molecular formula is C15H18N2O3. The molecule has 0 aliphatic carbocycles. The van der Waals surface area contributed by atoms with E-state index in [9.17, 15) is 14.4 Å². The molecule has 0 radical (unpaired) electrons. The Morgan fingerprint density at radius 1 is 1.25 bits per heavy atom. The van der Waals surface area contributed by atoms with Crippen LogP contribution in [-0.2, 0) is 9.59 Å². The average Bonchev–Trinajstić information content (AvgIpc) is 2.78. The normalized spacial score (nSPS) is 18.2. The van der Waals surface area contributed by atoms with Crippen LogP contribution in [-0.4, -0.2) is 30.7 Å². The molecule has 0 saturated carbocycles. The molecule has 2 amide bonds. The van der Waals surface area contributed by atoms with Gasteiger partial charge in [0.05, 0.1) is 0 Å². The predicted octanol–water partition coefficient (Wildman–Crippen LogP) is 1.38. The summed E-state index contributed by atoms with van der Waals surface area (Å²) in [5, 5.41) is 2.74. The molecule has 1 heterocycles. The van der Waals surface area contributed by atoms with Gasteiger partial charge in [0.25, 0.3) is 0 Å². The first kappa shape index (κ1) is 14.2. The molecular weight excluding hydrogens is 256 g/mol. The molecule has 1 aromatic carbocycles. The Kier molecular flexibility index (Phi) is 4.17. The lowest BCUT2D eigenvalue weighted by molar-refractivity contribution is -0.120. The first-order valence-electron chi connectivity index (χ1n) is 6.63. The molecule has 1 aliphatic heterocycles. The van der Waals surface area contributed by atoms with E-state index in [0.717, 1.165) is 5.69 Å². The number of carbonyl (C=O) groups excluding carboxylic acids is 3. The van der Waals surface area contributed by atoms with Crippen LogP contribution in [0.25, 0.3) is 0 Å². The van der Waals surface area contributed by atoms with Crippen LogP contribution in [0.3, 0.4) is 0 Å². The fourth-order valence-corrected chi connectivity index (χ4v) is 2.33. The highest BCUT2D eigenvalue weighted by Gasteiger charge is 2.30. The molecule has 1 aromatic rings. The number of Topliss-reactive ketones (excluding diaryl/α,β-unsaturated/α-hetero) is 1. The first-order chi connectivity index (χ1) is 9.47. The fraction of sp³-hybridized carbons (Fsp3) is 0.400. The Labute approximate surface area is 118 Å². The van der Waals surface area contributed by atoms with Crippen LogP contribution in [0.2, 0.25) is 0 Å². The molecule has 5 nitrogen and oxygen atoms in total. The van der Waals surface area contributed by atoms with Gasteiger partial charge in [-0.15, -0.1) is 0 Å². The Balaban J connectivity index is 2.03. The van der Waals surface area contributed by atoms with Gasteiger partial charge in [-0.3, -0.25) is 14.4 Å². The summed E-state index contributed by atoms with van der Waals surface area (Å²) in [6.45, 7) is 4.09. The summed E-state index contributed by atoms with van der Waals surface area (Å²) in [5.41, 5.74) is 1.43. The lowest BCUT2D eigenvalue weighted by Gasteiger charge is -2.17. The van der Waals surface area contributed by atoms with Gasteiger partial charge in [-0.05, 0) is 31.2 Å². The smallest absolute Gasteiger partial charge is 0.227 e. The Bertz CT molecular complexity index is 537. The van der Waals surface area contributed by atoms with Gasteiger partial charge in [0.15, 0.2) is 5.78 Å². The monoisotopic (exact) mass is 274 g/mol. The number of hydrogen-bond donors (Lipinski definition) is 1. The Morgan fingerprint density at radius 3 is 2.45 bits per heavy atom. The van der Waals surface area contributed by atoms with Crippen molar-refractivity contribution >= 4 is 23.3 Å². The van der Waals surface area contributed by atoms with Crippen LogP contribution in [0.15, 0.2) is 24.3 Å². The molecule has 106 valence electrons. The third-order valence-electron chi connectivity index (χ3n) is 3.43. The second-order valence-corrected chi connectivity index (χ2v) is 5.11. The summed E-state index contributed by atoms with van der Waals surface area (Å²) in [6, 6.07) is 7.03. The largest absolute Gasteiger partial charge is 0.356 e. The molecule has 2 rings (SSSR count). The summed E-state index contributed by atoms with van der Waals surface area (Å²) in [4.78, 5) is 35.8. The van der Waals surface area contributed by atoms with Crippen molar-refractivity contribution in [2.24, 2.45) is 5.92 Å². The summed E-state index contributed by atoms with van der Waals surface area (Å²) in [5.74, 6) is 0.115. The van der Waals surface area contributed by atoms with E-state index in [1.165, 1.54) is 13.8 Å². The molecule has 0 aromatic heterocycles. The van der Waals surface area contributed by atoms with Crippen molar-refractivity contribution in [1.82, 2.24) is 5.32 Å². The minimum absolute atomic E-state index is 0.00725. The van der Waals surface area contributed by atoms with Gasteiger partial charge in [0.2, 0.25) is 11.8 Å². The van der Waals surface area contributed by atoms with E-state index < -0.39 is 0 Å². The number of nitrogens with one attached hydrogen (secondary N) is 1. The molecule has 1 saturated heterocycles. The van der Waals surface area contributed by atoms with Crippen LogP contribution in [0, 0.1) is 5.92 Å². The highest BCUT2D eigenvalue weighted by molar-refractivity contribution is 5.97. The third-order valence-corrected chi connectivity index (χ3v) is 3.43. The zero-order valence-corrected chi connectivity index (χ0v) is 11.7. The number of anilines is 1. The molecule has 1 aliphatic rings. The molecule has 1 fully saturated rings. The van der Waals surface area contributed by atoms with Gasteiger partial charge >= 0.3 is 0 Å². The topological polar surface area (TPSA) is 66.5 Å². The van der Waals surface area contributed by atoms with Crippen molar-refractivity contribution in [1.29, 1.82) is 0 Å². The number of ketones is 1. The van der Waals surface area contributed by atoms with E-state index in [2.05, 4.69) is 5.32 Å². The number of benzene rings is 1. The van der Waals surface area contributed by atoms with E-state index in [0.29, 0.717) is 25.1 Å². The summed E-state index contributed by atoms with van der Waals surface area (Å²) < 4.78 is 0. The van der Waals surface area contributed by atoms with Crippen LogP contribution < -0.4 is 10.2 Å². The van der Waals surface area contributed by atoms with Crippen LogP contribution in [0.1, 0.15) is 30.6 Å². The summed E-state index contributed by atoms with van der Waals surface area (Å²) >= 11 is 0. The number of nitrogens with zero attached hydrogens (tertiary/aromatic N) is 1. The number of rotatable bonds is 4. The van der Waals surface area contributed by atoms with Gasteiger partial charge in [0.1, 0.15) is 0 Å². The second-order valence-electron chi connectivity index (χ2n) is 5.11. The standard InChI is InChI=1S/C15H18N2O3/c1-10(18)13-3-5-14(6-4-13)17-9-12(7-15(17)20)8-16-11(2)19/h3-6,12H,7-9H2,1-2H3,(H,16,19)/t12-/m0/s1. The number of hydrogen-bond acceptors (Lipinski definition) is 3. The molecule has 0 unspecified atom stereocenters. The maximum atomic E-state index is 12.0. The Morgan fingerprint density at radius 2 is 1.90 bits per heavy atom. The lowest BCUT2D eigenvalue weighted by Crippen LogP contribution is -2.29. The van der Waals surface area contributed by atoms with E-state index in [1.54, 1.807) is 29.2 Å². The van der Waals surface area contributed by atoms with Crippen molar-refractivity contribution in [3.05, 3.63) is 29.8 Å². The maximum Gasteiger partial charge on any atom is 0.227 e. The van der Waals surface area contributed by atoms with E-state index in [-0.39, 0.29) is 23.5 Å². The summed E-state index contributed by atoms with van der Waals surface area (Å²) in [6.07, 6.45) is 0.439. The van der Waals surface area contributed by atoms with Crippen molar-refractivity contribution < 1.29 is 14.4 Å². The SMILES string of the molecule is CC(=O)NC[C@@H]1CC(=O)N(c2ccc(C(C)=O)cc2)C1. The second kappa shape index (κ2) is 5.86. The third kappa shape index (κ3) is 3.23. The molecule has 1 atom stereocenters. The minimum Gasteiger partial charge on any atom is -0.356 e. The van der Waals surface area contributed by atoms with E-state index in [1.807, 2.05) is 0 Å². The van der Waals surface area contributed by atoms with Gasteiger partial charge in [0, 0.05) is 43.6 Å². The van der Waals surface area contributed by atoms with Crippen molar-refractivity contribution in [2.75, 3.05) is 18.0 Å². The highest BCUT2D eigenvalue weighted by Crippen LogP contribution is 2.25. The van der Waals surface area contributed by atoms with Gasteiger partial charge in [-0.1, -0.05) is 0 Å². The minimum atomic E-state index is -0.0817. The average molecular weight is 274 g/mol.